The first-order chi connectivity index (χ1) is 12.8. The molecule has 5 heteroatoms. The van der Waals surface area contributed by atoms with Crippen molar-refractivity contribution in [3.05, 3.63) is 60.2 Å². The Morgan fingerprint density at radius 1 is 1.23 bits per heavy atom. The second-order valence-electron chi connectivity index (χ2n) is 7.23. The molecule has 5 rings (SSSR count). The van der Waals surface area contributed by atoms with Crippen LogP contribution in [0.1, 0.15) is 36.4 Å². The maximum atomic E-state index is 9.02. The minimum absolute atomic E-state index is 0.524. The Labute approximate surface area is 151 Å². The molecule has 3 aromatic heterocycles. The van der Waals surface area contributed by atoms with E-state index in [0.29, 0.717) is 6.04 Å². The van der Waals surface area contributed by atoms with E-state index in [1.54, 1.807) is 0 Å². The minimum atomic E-state index is 0.524. The minimum Gasteiger partial charge on any atom is -0.346 e. The SMILES string of the molecule is N#Cc1cccc(CCC2CC(n3cnc4cnc5[nH]ccc5c43)C2)c1. The first kappa shape index (κ1) is 15.2. The van der Waals surface area contributed by atoms with Gasteiger partial charge in [-0.15, -0.1) is 0 Å². The van der Waals surface area contributed by atoms with Crippen molar-refractivity contribution < 1.29 is 0 Å². The number of hydrogen-bond donors (Lipinski definition) is 1. The van der Waals surface area contributed by atoms with Gasteiger partial charge in [-0.3, -0.25) is 0 Å². The standard InChI is InChI=1S/C21H19N5/c22-11-16-3-1-2-14(8-16)4-5-15-9-17(10-15)26-13-25-19-12-24-21-18(20(19)26)6-7-23-21/h1-3,6-8,12-13,15,17H,4-5,9-10H2,(H,23,24). The molecular weight excluding hydrogens is 322 g/mol. The van der Waals surface area contributed by atoms with Crippen LogP contribution in [0.25, 0.3) is 22.1 Å². The number of nitriles is 1. The second kappa shape index (κ2) is 5.99. The Morgan fingerprint density at radius 3 is 3.04 bits per heavy atom. The maximum absolute atomic E-state index is 9.02. The summed E-state index contributed by atoms with van der Waals surface area (Å²) in [7, 11) is 0. The fraction of sp³-hybridized carbons (Fsp3) is 0.286. The van der Waals surface area contributed by atoms with E-state index in [9.17, 15) is 0 Å². The van der Waals surface area contributed by atoms with E-state index in [2.05, 4.69) is 37.7 Å². The summed E-state index contributed by atoms with van der Waals surface area (Å²) in [6, 6.07) is 12.8. The maximum Gasteiger partial charge on any atom is 0.139 e. The lowest BCUT2D eigenvalue weighted by molar-refractivity contribution is 0.191. The number of aromatic nitrogens is 4. The van der Waals surface area contributed by atoms with Gasteiger partial charge in [0.05, 0.1) is 29.7 Å². The first-order valence-electron chi connectivity index (χ1n) is 9.09. The summed E-state index contributed by atoms with van der Waals surface area (Å²) < 4.78 is 2.33. The van der Waals surface area contributed by atoms with E-state index < -0.39 is 0 Å². The quantitative estimate of drug-likeness (QED) is 0.599. The topological polar surface area (TPSA) is 70.3 Å². The van der Waals surface area contributed by atoms with Crippen molar-refractivity contribution in [3.8, 4) is 6.07 Å². The van der Waals surface area contributed by atoms with Gasteiger partial charge in [-0.2, -0.15) is 5.26 Å². The first-order valence-corrected chi connectivity index (χ1v) is 9.09. The zero-order valence-corrected chi connectivity index (χ0v) is 14.4. The van der Waals surface area contributed by atoms with E-state index in [0.717, 1.165) is 34.5 Å². The third kappa shape index (κ3) is 2.46. The van der Waals surface area contributed by atoms with Crippen LogP contribution >= 0.6 is 0 Å². The molecule has 0 atom stereocenters. The number of H-pyrrole nitrogens is 1. The van der Waals surface area contributed by atoms with Gasteiger partial charge in [-0.25, -0.2) is 9.97 Å². The molecule has 0 saturated heterocycles. The fourth-order valence-corrected chi connectivity index (χ4v) is 4.14. The van der Waals surface area contributed by atoms with Crippen LogP contribution in [0.4, 0.5) is 0 Å². The Kier molecular flexibility index (Phi) is 3.49. The number of benzene rings is 1. The average Bonchev–Trinajstić information content (AvgIpc) is 3.26. The highest BCUT2D eigenvalue weighted by Gasteiger charge is 2.31. The molecule has 3 heterocycles. The summed E-state index contributed by atoms with van der Waals surface area (Å²) in [4.78, 5) is 12.2. The Morgan fingerprint density at radius 2 is 2.15 bits per heavy atom. The summed E-state index contributed by atoms with van der Waals surface area (Å²) >= 11 is 0. The molecule has 1 saturated carbocycles. The van der Waals surface area contributed by atoms with E-state index in [1.165, 1.54) is 30.3 Å². The van der Waals surface area contributed by atoms with Gasteiger partial charge in [0.25, 0.3) is 0 Å². The lowest BCUT2D eigenvalue weighted by Gasteiger charge is -2.36. The van der Waals surface area contributed by atoms with Gasteiger partial charge < -0.3 is 9.55 Å². The van der Waals surface area contributed by atoms with Crippen molar-refractivity contribution >= 4 is 22.1 Å². The van der Waals surface area contributed by atoms with Crippen LogP contribution in [0.2, 0.25) is 0 Å². The molecule has 1 fully saturated rings. The zero-order valence-electron chi connectivity index (χ0n) is 14.4. The van der Waals surface area contributed by atoms with Crippen LogP contribution in [0, 0.1) is 17.2 Å². The summed E-state index contributed by atoms with van der Waals surface area (Å²) in [6.07, 6.45) is 10.4. The van der Waals surface area contributed by atoms with Crippen molar-refractivity contribution in [2.75, 3.05) is 0 Å². The molecule has 0 radical (unpaired) electrons. The molecule has 0 unspecified atom stereocenters. The Bertz CT molecular complexity index is 1120. The number of fused-ring (bicyclic) bond motifs is 3. The van der Waals surface area contributed by atoms with Gasteiger partial charge in [-0.1, -0.05) is 12.1 Å². The summed E-state index contributed by atoms with van der Waals surface area (Å²) in [6.45, 7) is 0. The summed E-state index contributed by atoms with van der Waals surface area (Å²) in [5, 5.41) is 10.2. The molecule has 1 N–H and O–H groups in total. The molecule has 26 heavy (non-hydrogen) atoms. The summed E-state index contributed by atoms with van der Waals surface area (Å²) in [5.74, 6) is 0.742. The van der Waals surface area contributed by atoms with Crippen LogP contribution in [0.5, 0.6) is 0 Å². The van der Waals surface area contributed by atoms with Gasteiger partial charge >= 0.3 is 0 Å². The van der Waals surface area contributed by atoms with Gasteiger partial charge in [0, 0.05) is 17.6 Å². The van der Waals surface area contributed by atoms with E-state index in [1.807, 2.05) is 36.9 Å². The van der Waals surface area contributed by atoms with Gasteiger partial charge in [-0.05, 0) is 55.4 Å². The van der Waals surface area contributed by atoms with Crippen molar-refractivity contribution in [1.29, 1.82) is 5.26 Å². The predicted molar refractivity (Wildman–Crippen MR) is 101 cm³/mol. The normalized spacial score (nSPS) is 19.5. The van der Waals surface area contributed by atoms with E-state index >= 15 is 0 Å². The number of rotatable bonds is 4. The van der Waals surface area contributed by atoms with Gasteiger partial charge in [0.1, 0.15) is 11.2 Å². The predicted octanol–water partition coefficient (Wildman–Crippen LogP) is 4.37. The largest absolute Gasteiger partial charge is 0.346 e. The number of imidazole rings is 1. The van der Waals surface area contributed by atoms with Crippen LogP contribution in [-0.2, 0) is 6.42 Å². The molecule has 1 aromatic carbocycles. The van der Waals surface area contributed by atoms with E-state index in [4.69, 9.17) is 5.26 Å². The third-order valence-electron chi connectivity index (χ3n) is 5.62. The van der Waals surface area contributed by atoms with Crippen molar-refractivity contribution in [2.24, 2.45) is 5.92 Å². The summed E-state index contributed by atoms with van der Waals surface area (Å²) in [5.41, 5.74) is 5.10. The van der Waals surface area contributed by atoms with Crippen LogP contribution < -0.4 is 0 Å². The smallest absolute Gasteiger partial charge is 0.139 e. The molecule has 128 valence electrons. The number of nitrogens with one attached hydrogen (secondary N) is 1. The molecule has 5 nitrogen and oxygen atoms in total. The van der Waals surface area contributed by atoms with Crippen molar-refractivity contribution in [1.82, 2.24) is 19.5 Å². The number of aryl methyl sites for hydroxylation is 1. The molecule has 1 aliphatic carbocycles. The van der Waals surface area contributed by atoms with Gasteiger partial charge in [0.15, 0.2) is 0 Å². The molecule has 4 aromatic rings. The van der Waals surface area contributed by atoms with Crippen LogP contribution in [0.3, 0.4) is 0 Å². The fourth-order valence-electron chi connectivity index (χ4n) is 4.14. The lowest BCUT2D eigenvalue weighted by atomic mass is 9.76. The van der Waals surface area contributed by atoms with Crippen molar-refractivity contribution in [2.45, 2.75) is 31.7 Å². The number of nitrogens with zero attached hydrogens (tertiary/aromatic N) is 4. The Hall–Kier alpha value is -3.13. The number of pyridine rings is 1. The highest BCUT2D eigenvalue weighted by atomic mass is 15.1. The van der Waals surface area contributed by atoms with Gasteiger partial charge in [0.2, 0.25) is 0 Å². The van der Waals surface area contributed by atoms with E-state index in [-0.39, 0.29) is 0 Å². The Balaban J connectivity index is 1.29. The third-order valence-corrected chi connectivity index (χ3v) is 5.62. The number of hydrogen-bond acceptors (Lipinski definition) is 3. The molecule has 0 aliphatic heterocycles. The highest BCUT2D eigenvalue weighted by Crippen LogP contribution is 2.42. The lowest BCUT2D eigenvalue weighted by Crippen LogP contribution is -2.26. The molecular formula is C21H19N5. The van der Waals surface area contributed by atoms with Crippen LogP contribution in [0.15, 0.2) is 49.1 Å². The molecule has 1 aliphatic rings. The van der Waals surface area contributed by atoms with Crippen LogP contribution in [-0.4, -0.2) is 19.5 Å². The number of aromatic amines is 1. The highest BCUT2D eigenvalue weighted by molar-refractivity contribution is 6.00. The zero-order chi connectivity index (χ0) is 17.5. The molecule has 0 bridgehead atoms. The average molecular weight is 341 g/mol. The second-order valence-corrected chi connectivity index (χ2v) is 7.23. The monoisotopic (exact) mass is 341 g/mol. The molecule has 0 spiro atoms. The molecule has 0 amide bonds. The van der Waals surface area contributed by atoms with Crippen molar-refractivity contribution in [3.63, 3.8) is 0 Å².